The van der Waals surface area contributed by atoms with E-state index in [4.69, 9.17) is 4.74 Å². The number of benzene rings is 2. The standard InChI is InChI=1S/C30H42O2/c1-29(2,3)30(25-17-11-9-12-18-25,26-19-13-10-14-20-26)21-15-7-5-4-6-8-16-22-32-28-23-27(31)24-28/h9-14,17-20,28H,4-8,15-16,21-24H2,1-3H3. The number of Topliss-reactive ketones (excluding diaryl/α,β-unsaturated/α-hetero) is 1. The second-order valence-corrected chi connectivity index (χ2v) is 10.6. The third-order valence-corrected chi connectivity index (χ3v) is 7.27. The summed E-state index contributed by atoms with van der Waals surface area (Å²) in [4.78, 5) is 11.0. The van der Waals surface area contributed by atoms with Crippen LogP contribution in [0.4, 0.5) is 0 Å². The van der Waals surface area contributed by atoms with Crippen molar-refractivity contribution in [3.05, 3.63) is 71.8 Å². The second kappa shape index (κ2) is 11.8. The summed E-state index contributed by atoms with van der Waals surface area (Å²) in [5, 5.41) is 0. The molecule has 0 aliphatic heterocycles. The summed E-state index contributed by atoms with van der Waals surface area (Å²) in [6.07, 6.45) is 11.5. The Labute approximate surface area is 195 Å². The Morgan fingerprint density at radius 2 is 1.19 bits per heavy atom. The third kappa shape index (κ3) is 6.32. The van der Waals surface area contributed by atoms with E-state index >= 15 is 0 Å². The molecule has 0 spiro atoms. The van der Waals surface area contributed by atoms with Crippen LogP contribution in [-0.2, 0) is 14.9 Å². The van der Waals surface area contributed by atoms with Crippen molar-refractivity contribution < 1.29 is 9.53 Å². The van der Waals surface area contributed by atoms with Crippen LogP contribution in [0.2, 0.25) is 0 Å². The zero-order valence-corrected chi connectivity index (χ0v) is 20.4. The molecule has 1 aliphatic rings. The van der Waals surface area contributed by atoms with E-state index < -0.39 is 0 Å². The summed E-state index contributed by atoms with van der Waals surface area (Å²) in [6, 6.07) is 22.3. The predicted molar refractivity (Wildman–Crippen MR) is 134 cm³/mol. The summed E-state index contributed by atoms with van der Waals surface area (Å²) in [7, 11) is 0. The van der Waals surface area contributed by atoms with Crippen molar-refractivity contribution in [1.29, 1.82) is 0 Å². The van der Waals surface area contributed by atoms with Crippen molar-refractivity contribution >= 4 is 5.78 Å². The minimum atomic E-state index is 0.0236. The average molecular weight is 435 g/mol. The van der Waals surface area contributed by atoms with Gasteiger partial charge in [0.2, 0.25) is 0 Å². The molecule has 32 heavy (non-hydrogen) atoms. The number of hydrogen-bond donors (Lipinski definition) is 0. The molecule has 0 amide bonds. The average Bonchev–Trinajstić information content (AvgIpc) is 2.76. The predicted octanol–water partition coefficient (Wildman–Crippen LogP) is 7.89. The van der Waals surface area contributed by atoms with Gasteiger partial charge in [0.15, 0.2) is 0 Å². The van der Waals surface area contributed by atoms with Gasteiger partial charge in [0.1, 0.15) is 5.78 Å². The molecule has 3 rings (SSSR count). The summed E-state index contributed by atoms with van der Waals surface area (Å²) in [5.41, 5.74) is 3.02. The molecule has 0 radical (unpaired) electrons. The van der Waals surface area contributed by atoms with E-state index in [2.05, 4.69) is 81.4 Å². The highest BCUT2D eigenvalue weighted by Crippen LogP contribution is 2.50. The van der Waals surface area contributed by atoms with Gasteiger partial charge in [-0.15, -0.1) is 0 Å². The summed E-state index contributed by atoms with van der Waals surface area (Å²) in [6.45, 7) is 8.01. The van der Waals surface area contributed by atoms with Gasteiger partial charge in [-0.05, 0) is 29.4 Å². The monoisotopic (exact) mass is 434 g/mol. The van der Waals surface area contributed by atoms with Crippen LogP contribution < -0.4 is 0 Å². The normalized spacial score (nSPS) is 15.0. The van der Waals surface area contributed by atoms with Gasteiger partial charge < -0.3 is 4.74 Å². The molecule has 1 fully saturated rings. The fourth-order valence-electron chi connectivity index (χ4n) is 5.33. The van der Waals surface area contributed by atoms with Crippen LogP contribution in [0.5, 0.6) is 0 Å². The maximum absolute atomic E-state index is 11.0. The first-order valence-electron chi connectivity index (χ1n) is 12.7. The molecule has 0 saturated heterocycles. The lowest BCUT2D eigenvalue weighted by Crippen LogP contribution is -2.41. The van der Waals surface area contributed by atoms with Crippen molar-refractivity contribution in [3.63, 3.8) is 0 Å². The molecular formula is C30H42O2. The number of hydrogen-bond acceptors (Lipinski definition) is 2. The third-order valence-electron chi connectivity index (χ3n) is 7.27. The summed E-state index contributed by atoms with van der Waals surface area (Å²) in [5.74, 6) is 0.352. The van der Waals surface area contributed by atoms with Gasteiger partial charge in [-0.25, -0.2) is 0 Å². The minimum absolute atomic E-state index is 0.0236. The van der Waals surface area contributed by atoms with Gasteiger partial charge in [0.25, 0.3) is 0 Å². The maximum Gasteiger partial charge on any atom is 0.138 e. The van der Waals surface area contributed by atoms with Crippen LogP contribution >= 0.6 is 0 Å². The van der Waals surface area contributed by atoms with Gasteiger partial charge >= 0.3 is 0 Å². The molecule has 0 heterocycles. The maximum atomic E-state index is 11.0. The van der Waals surface area contributed by atoms with E-state index in [1.54, 1.807) is 0 Å². The summed E-state index contributed by atoms with van der Waals surface area (Å²) < 4.78 is 5.73. The number of carbonyl (C=O) groups excluding carboxylic acids is 1. The van der Waals surface area contributed by atoms with Gasteiger partial charge in [-0.1, -0.05) is 120 Å². The molecule has 2 aromatic carbocycles. The smallest absolute Gasteiger partial charge is 0.138 e. The van der Waals surface area contributed by atoms with Gasteiger partial charge in [0.05, 0.1) is 6.10 Å². The molecule has 1 saturated carbocycles. The lowest BCUT2D eigenvalue weighted by molar-refractivity contribution is -0.134. The highest BCUT2D eigenvalue weighted by Gasteiger charge is 2.44. The van der Waals surface area contributed by atoms with Crippen molar-refractivity contribution in [2.24, 2.45) is 5.41 Å². The topological polar surface area (TPSA) is 26.3 Å². The Balaban J connectivity index is 1.47. The molecule has 1 aliphatic carbocycles. The van der Waals surface area contributed by atoms with Gasteiger partial charge in [-0.2, -0.15) is 0 Å². The van der Waals surface area contributed by atoms with Crippen molar-refractivity contribution in [3.8, 4) is 0 Å². The van der Waals surface area contributed by atoms with Crippen LogP contribution in [0.15, 0.2) is 60.7 Å². The Morgan fingerprint density at radius 3 is 1.66 bits per heavy atom. The largest absolute Gasteiger partial charge is 0.377 e. The fraction of sp³-hybridized carbons (Fsp3) is 0.567. The molecular weight excluding hydrogens is 392 g/mol. The number of unbranched alkanes of at least 4 members (excludes halogenated alkanes) is 6. The van der Waals surface area contributed by atoms with E-state index in [9.17, 15) is 4.79 Å². The Kier molecular flexibility index (Phi) is 9.11. The first-order valence-corrected chi connectivity index (χ1v) is 12.7. The number of ether oxygens (including phenoxy) is 1. The van der Waals surface area contributed by atoms with Crippen LogP contribution in [0.3, 0.4) is 0 Å². The van der Waals surface area contributed by atoms with Crippen LogP contribution in [0.1, 0.15) is 96.1 Å². The highest BCUT2D eigenvalue weighted by molar-refractivity contribution is 5.85. The number of carbonyl (C=O) groups is 1. The van der Waals surface area contributed by atoms with Crippen LogP contribution in [0.25, 0.3) is 0 Å². The second-order valence-electron chi connectivity index (χ2n) is 10.6. The molecule has 0 bridgehead atoms. The number of ketones is 1. The highest BCUT2D eigenvalue weighted by atomic mass is 16.5. The molecule has 2 aromatic rings. The molecule has 0 atom stereocenters. The van der Waals surface area contributed by atoms with E-state index in [0.29, 0.717) is 18.6 Å². The number of rotatable bonds is 13. The van der Waals surface area contributed by atoms with Crippen LogP contribution in [-0.4, -0.2) is 18.5 Å². The zero-order chi connectivity index (χ0) is 22.9. The molecule has 174 valence electrons. The van der Waals surface area contributed by atoms with Crippen LogP contribution in [0, 0.1) is 5.41 Å². The van der Waals surface area contributed by atoms with E-state index in [0.717, 1.165) is 13.0 Å². The zero-order valence-electron chi connectivity index (χ0n) is 20.4. The lowest BCUT2D eigenvalue weighted by atomic mass is 9.57. The SMILES string of the molecule is CC(C)(C)C(CCCCCCCCCOC1CC(=O)C1)(c1ccccc1)c1ccccc1. The Hall–Kier alpha value is -1.93. The fourth-order valence-corrected chi connectivity index (χ4v) is 5.33. The Bertz CT molecular complexity index is 756. The van der Waals surface area contributed by atoms with Crippen molar-refractivity contribution in [2.45, 2.75) is 96.5 Å². The molecule has 0 unspecified atom stereocenters. The van der Waals surface area contributed by atoms with E-state index in [1.165, 1.54) is 56.1 Å². The quantitative estimate of drug-likeness (QED) is 0.300. The van der Waals surface area contributed by atoms with Gasteiger partial charge in [-0.3, -0.25) is 4.79 Å². The Morgan fingerprint density at radius 1 is 0.719 bits per heavy atom. The minimum Gasteiger partial charge on any atom is -0.377 e. The first kappa shape index (κ1) is 24.7. The lowest BCUT2D eigenvalue weighted by Gasteiger charge is -2.46. The van der Waals surface area contributed by atoms with E-state index in [-0.39, 0.29) is 16.9 Å². The van der Waals surface area contributed by atoms with Crippen molar-refractivity contribution in [2.75, 3.05) is 6.61 Å². The molecule has 0 N–H and O–H groups in total. The van der Waals surface area contributed by atoms with Gasteiger partial charge in [0, 0.05) is 24.9 Å². The van der Waals surface area contributed by atoms with E-state index in [1.807, 2.05) is 0 Å². The summed E-state index contributed by atoms with van der Waals surface area (Å²) >= 11 is 0. The molecule has 2 nitrogen and oxygen atoms in total. The molecule has 0 aromatic heterocycles. The first-order chi connectivity index (χ1) is 15.4. The molecule has 2 heteroatoms. The van der Waals surface area contributed by atoms with Crippen molar-refractivity contribution in [1.82, 2.24) is 0 Å².